The molecule has 4 rings (SSSR count). The number of likely N-dealkylation sites (N-methyl/N-ethyl adjacent to an activating group) is 1. The first kappa shape index (κ1) is 21.1. The molecule has 1 aliphatic heterocycles. The van der Waals surface area contributed by atoms with Crippen molar-refractivity contribution in [1.29, 1.82) is 0 Å². The van der Waals surface area contributed by atoms with E-state index in [0.717, 1.165) is 35.4 Å². The van der Waals surface area contributed by atoms with Crippen molar-refractivity contribution in [3.63, 3.8) is 0 Å². The van der Waals surface area contributed by atoms with Gasteiger partial charge in [-0.1, -0.05) is 42.5 Å². The second-order valence-corrected chi connectivity index (χ2v) is 8.16. The molecule has 2 aromatic rings. The molecule has 1 aliphatic carbocycles. The lowest BCUT2D eigenvalue weighted by Gasteiger charge is -2.24. The van der Waals surface area contributed by atoms with Crippen LogP contribution in [0.1, 0.15) is 36.4 Å². The van der Waals surface area contributed by atoms with Crippen molar-refractivity contribution < 1.29 is 14.3 Å². The number of amides is 2. The molecule has 0 saturated heterocycles. The molecule has 0 unspecified atom stereocenters. The molecular formula is C24H28N4O3. The number of benzene rings is 2. The Morgan fingerprint density at radius 2 is 1.81 bits per heavy atom. The van der Waals surface area contributed by atoms with Crippen LogP contribution in [-0.4, -0.2) is 60.7 Å². The highest BCUT2D eigenvalue weighted by molar-refractivity contribution is 6.03. The van der Waals surface area contributed by atoms with Crippen LogP contribution in [0.15, 0.2) is 59.7 Å². The van der Waals surface area contributed by atoms with E-state index in [2.05, 4.69) is 5.32 Å². The van der Waals surface area contributed by atoms with Gasteiger partial charge in [-0.25, -0.2) is 5.01 Å². The molecule has 31 heavy (non-hydrogen) atoms. The number of hydrazone groups is 1. The van der Waals surface area contributed by atoms with Gasteiger partial charge in [-0.3, -0.25) is 14.5 Å². The lowest BCUT2D eigenvalue weighted by Crippen LogP contribution is -2.41. The Morgan fingerprint density at radius 3 is 2.45 bits per heavy atom. The standard InChI is InChI=1S/C24H28N4O3/c1-27(15-23(29)25-19-10-11-19)16-24(30)28-22(18-8-12-20(31-2)13-9-18)14-21(26-28)17-6-4-3-5-7-17/h3-9,12-13,19,22H,10-11,14-16H2,1-2H3,(H,25,29)/t22-/m1/s1. The highest BCUT2D eigenvalue weighted by Crippen LogP contribution is 2.33. The van der Waals surface area contributed by atoms with Gasteiger partial charge in [0.05, 0.1) is 32.0 Å². The van der Waals surface area contributed by atoms with Gasteiger partial charge in [-0.2, -0.15) is 5.10 Å². The summed E-state index contributed by atoms with van der Waals surface area (Å²) in [4.78, 5) is 27.0. The van der Waals surface area contributed by atoms with Crippen LogP contribution >= 0.6 is 0 Å². The van der Waals surface area contributed by atoms with Crippen molar-refractivity contribution in [3.8, 4) is 5.75 Å². The molecule has 2 aromatic carbocycles. The number of hydrogen-bond donors (Lipinski definition) is 1. The van der Waals surface area contributed by atoms with E-state index < -0.39 is 0 Å². The number of hydrogen-bond acceptors (Lipinski definition) is 5. The molecule has 162 valence electrons. The van der Waals surface area contributed by atoms with Crippen LogP contribution < -0.4 is 10.1 Å². The predicted molar refractivity (Wildman–Crippen MR) is 119 cm³/mol. The fraction of sp³-hybridized carbons (Fsp3) is 0.375. The second-order valence-electron chi connectivity index (χ2n) is 8.16. The summed E-state index contributed by atoms with van der Waals surface area (Å²) in [5.41, 5.74) is 2.88. The summed E-state index contributed by atoms with van der Waals surface area (Å²) < 4.78 is 5.26. The molecule has 0 radical (unpaired) electrons. The minimum atomic E-state index is -0.192. The highest BCUT2D eigenvalue weighted by atomic mass is 16.5. The number of carbonyl (C=O) groups is 2. The largest absolute Gasteiger partial charge is 0.497 e. The molecule has 1 N–H and O–H groups in total. The van der Waals surface area contributed by atoms with Gasteiger partial charge in [0.25, 0.3) is 5.91 Å². The monoisotopic (exact) mass is 420 g/mol. The zero-order valence-electron chi connectivity index (χ0n) is 18.0. The summed E-state index contributed by atoms with van der Waals surface area (Å²) >= 11 is 0. The molecule has 1 atom stereocenters. The summed E-state index contributed by atoms with van der Waals surface area (Å²) in [5, 5.41) is 9.22. The van der Waals surface area contributed by atoms with E-state index in [1.54, 1.807) is 24.1 Å². The first-order valence-electron chi connectivity index (χ1n) is 10.6. The average Bonchev–Trinajstić information content (AvgIpc) is 3.47. The molecule has 7 nitrogen and oxygen atoms in total. The third-order valence-corrected chi connectivity index (χ3v) is 5.53. The van der Waals surface area contributed by atoms with Gasteiger partial charge in [-0.15, -0.1) is 0 Å². The molecule has 7 heteroatoms. The van der Waals surface area contributed by atoms with Crippen LogP contribution in [0, 0.1) is 0 Å². The number of methoxy groups -OCH3 is 1. The maximum Gasteiger partial charge on any atom is 0.257 e. The normalized spacial score (nSPS) is 18.1. The van der Waals surface area contributed by atoms with E-state index in [4.69, 9.17) is 9.84 Å². The maximum atomic E-state index is 13.2. The van der Waals surface area contributed by atoms with Crippen LogP contribution in [0.25, 0.3) is 0 Å². The van der Waals surface area contributed by atoms with E-state index >= 15 is 0 Å². The molecule has 2 aliphatic rings. The number of ether oxygens (including phenoxy) is 1. The molecular weight excluding hydrogens is 392 g/mol. The summed E-state index contributed by atoms with van der Waals surface area (Å²) in [6.07, 6.45) is 2.72. The van der Waals surface area contributed by atoms with Crippen molar-refractivity contribution in [1.82, 2.24) is 15.2 Å². The fourth-order valence-electron chi connectivity index (χ4n) is 3.74. The zero-order valence-corrected chi connectivity index (χ0v) is 18.0. The molecule has 1 saturated carbocycles. The Bertz CT molecular complexity index is 955. The van der Waals surface area contributed by atoms with E-state index in [9.17, 15) is 9.59 Å². The number of rotatable bonds is 8. The third kappa shape index (κ3) is 5.30. The Labute approximate surface area is 182 Å². The summed E-state index contributed by atoms with van der Waals surface area (Å²) in [6, 6.07) is 17.8. The van der Waals surface area contributed by atoms with Crippen LogP contribution in [-0.2, 0) is 9.59 Å². The molecule has 1 heterocycles. The maximum absolute atomic E-state index is 13.2. The third-order valence-electron chi connectivity index (χ3n) is 5.53. The summed E-state index contributed by atoms with van der Waals surface area (Å²) in [5.74, 6) is 0.595. The number of nitrogens with zero attached hydrogens (tertiary/aromatic N) is 3. The van der Waals surface area contributed by atoms with Gasteiger partial charge in [0.2, 0.25) is 5.91 Å². The smallest absolute Gasteiger partial charge is 0.257 e. The minimum absolute atomic E-state index is 0.0422. The van der Waals surface area contributed by atoms with Gasteiger partial charge >= 0.3 is 0 Å². The minimum Gasteiger partial charge on any atom is -0.497 e. The molecule has 1 fully saturated rings. The van der Waals surface area contributed by atoms with Crippen molar-refractivity contribution in [2.45, 2.75) is 31.3 Å². The van der Waals surface area contributed by atoms with E-state index in [-0.39, 0.29) is 30.9 Å². The molecule has 2 amide bonds. The Balaban J connectivity index is 1.50. The molecule has 0 bridgehead atoms. The van der Waals surface area contributed by atoms with Crippen LogP contribution in [0.5, 0.6) is 5.75 Å². The van der Waals surface area contributed by atoms with Gasteiger partial charge in [0.1, 0.15) is 5.75 Å². The average molecular weight is 421 g/mol. The van der Waals surface area contributed by atoms with Crippen LogP contribution in [0.4, 0.5) is 0 Å². The highest BCUT2D eigenvalue weighted by Gasteiger charge is 2.33. The Morgan fingerprint density at radius 1 is 1.10 bits per heavy atom. The lowest BCUT2D eigenvalue weighted by molar-refractivity contribution is -0.134. The first-order chi connectivity index (χ1) is 15.0. The zero-order chi connectivity index (χ0) is 21.8. The summed E-state index contributed by atoms with van der Waals surface area (Å²) in [7, 11) is 3.41. The second kappa shape index (κ2) is 9.31. The van der Waals surface area contributed by atoms with Gasteiger partial charge in [-0.05, 0) is 43.1 Å². The van der Waals surface area contributed by atoms with E-state index in [1.165, 1.54) is 0 Å². The number of carbonyl (C=O) groups excluding carboxylic acids is 2. The predicted octanol–water partition coefficient (Wildman–Crippen LogP) is 2.58. The van der Waals surface area contributed by atoms with Gasteiger partial charge in [0, 0.05) is 12.5 Å². The van der Waals surface area contributed by atoms with E-state index in [1.807, 2.05) is 54.6 Å². The number of nitrogens with one attached hydrogen (secondary N) is 1. The Kier molecular flexibility index (Phi) is 6.32. The van der Waals surface area contributed by atoms with Gasteiger partial charge < -0.3 is 10.1 Å². The molecule has 0 aromatic heterocycles. The summed E-state index contributed by atoms with van der Waals surface area (Å²) in [6.45, 7) is 0.314. The van der Waals surface area contributed by atoms with Crippen molar-refractivity contribution in [3.05, 3.63) is 65.7 Å². The van der Waals surface area contributed by atoms with Crippen molar-refractivity contribution in [2.24, 2.45) is 5.10 Å². The van der Waals surface area contributed by atoms with Crippen LogP contribution in [0.3, 0.4) is 0 Å². The van der Waals surface area contributed by atoms with Crippen LogP contribution in [0.2, 0.25) is 0 Å². The van der Waals surface area contributed by atoms with Gasteiger partial charge in [0.15, 0.2) is 0 Å². The quantitative estimate of drug-likeness (QED) is 0.712. The fourth-order valence-corrected chi connectivity index (χ4v) is 3.74. The molecule has 0 spiro atoms. The van der Waals surface area contributed by atoms with E-state index in [0.29, 0.717) is 12.5 Å². The Hall–Kier alpha value is -3.19. The lowest BCUT2D eigenvalue weighted by atomic mass is 9.98. The van der Waals surface area contributed by atoms with Crippen molar-refractivity contribution >= 4 is 17.5 Å². The van der Waals surface area contributed by atoms with Crippen molar-refractivity contribution in [2.75, 3.05) is 27.2 Å². The first-order valence-corrected chi connectivity index (χ1v) is 10.6. The topological polar surface area (TPSA) is 74.2 Å². The SMILES string of the molecule is COc1ccc([C@H]2CC(c3ccccc3)=NN2C(=O)CN(C)CC(=O)NC2CC2)cc1.